The summed E-state index contributed by atoms with van der Waals surface area (Å²) in [6.07, 6.45) is 6.31. The Bertz CT molecular complexity index is 484. The van der Waals surface area contributed by atoms with E-state index in [0.717, 1.165) is 57.0 Å². The lowest BCUT2D eigenvalue weighted by Crippen LogP contribution is -2.38. The van der Waals surface area contributed by atoms with Crippen LogP contribution < -0.4 is 5.32 Å². The molecule has 2 amide bonds. The molecule has 1 saturated carbocycles. The number of aryl methyl sites for hydroxylation is 1. The van der Waals surface area contributed by atoms with Gasteiger partial charge >= 0.3 is 6.03 Å². The summed E-state index contributed by atoms with van der Waals surface area (Å²) >= 11 is 0. The zero-order chi connectivity index (χ0) is 14.7. The average molecular weight is 292 g/mol. The molecular weight excluding hydrogens is 268 g/mol. The number of rotatable bonds is 6. The predicted molar refractivity (Wildman–Crippen MR) is 78.0 cm³/mol. The molecule has 1 aliphatic heterocycles. The van der Waals surface area contributed by atoms with Crippen LogP contribution in [0.3, 0.4) is 0 Å². The number of hydrogen-bond donors (Lipinski definition) is 1. The maximum Gasteiger partial charge on any atom is 0.317 e. The first-order valence-corrected chi connectivity index (χ1v) is 8.11. The minimum Gasteiger partial charge on any atom is -0.339 e. The summed E-state index contributed by atoms with van der Waals surface area (Å²) in [6.45, 7) is 4.53. The molecule has 0 bridgehead atoms. The Morgan fingerprint density at radius 3 is 3.05 bits per heavy atom. The van der Waals surface area contributed by atoms with Crippen LogP contribution in [0.15, 0.2) is 4.52 Å². The molecule has 3 rings (SSSR count). The summed E-state index contributed by atoms with van der Waals surface area (Å²) in [5, 5.41) is 6.99. The summed E-state index contributed by atoms with van der Waals surface area (Å²) in [6, 6.07) is 0.0786. The lowest BCUT2D eigenvalue weighted by atomic mass is 10.0. The molecule has 1 aromatic heterocycles. The minimum atomic E-state index is 0.0786. The van der Waals surface area contributed by atoms with Gasteiger partial charge in [-0.15, -0.1) is 0 Å². The monoisotopic (exact) mass is 292 g/mol. The van der Waals surface area contributed by atoms with Crippen molar-refractivity contribution < 1.29 is 9.32 Å². The summed E-state index contributed by atoms with van der Waals surface area (Å²) in [5.74, 6) is 2.72. The molecule has 6 heteroatoms. The van der Waals surface area contributed by atoms with Gasteiger partial charge in [0.15, 0.2) is 5.82 Å². The standard InChI is InChI=1S/C15H24N4O2/c1-2-8-16-15(20)19-9-7-11(10-19)3-6-13-17-14(21-18-13)12-4-5-12/h11-12H,2-10H2,1H3,(H,16,20)/t11-/m0/s1. The Hall–Kier alpha value is -1.59. The number of nitrogens with one attached hydrogen (secondary N) is 1. The van der Waals surface area contributed by atoms with Crippen LogP contribution in [0.2, 0.25) is 0 Å². The van der Waals surface area contributed by atoms with E-state index in [1.807, 2.05) is 4.90 Å². The molecule has 21 heavy (non-hydrogen) atoms. The fraction of sp³-hybridized carbons (Fsp3) is 0.800. The van der Waals surface area contributed by atoms with Gasteiger partial charge in [-0.25, -0.2) is 4.79 Å². The normalized spacial score (nSPS) is 21.8. The Morgan fingerprint density at radius 2 is 2.29 bits per heavy atom. The number of amides is 2. The molecule has 1 aliphatic carbocycles. The van der Waals surface area contributed by atoms with Crippen molar-refractivity contribution in [3.05, 3.63) is 11.7 Å². The largest absolute Gasteiger partial charge is 0.339 e. The summed E-state index contributed by atoms with van der Waals surface area (Å²) in [5.41, 5.74) is 0. The van der Waals surface area contributed by atoms with Gasteiger partial charge in [0.2, 0.25) is 5.89 Å². The van der Waals surface area contributed by atoms with Crippen LogP contribution in [0.5, 0.6) is 0 Å². The van der Waals surface area contributed by atoms with Crippen molar-refractivity contribution in [1.29, 1.82) is 0 Å². The second kappa shape index (κ2) is 6.45. The van der Waals surface area contributed by atoms with Gasteiger partial charge in [-0.3, -0.25) is 0 Å². The van der Waals surface area contributed by atoms with E-state index in [1.54, 1.807) is 0 Å². The molecule has 1 aromatic rings. The third-order valence-electron chi connectivity index (χ3n) is 4.29. The molecule has 6 nitrogen and oxygen atoms in total. The molecule has 0 radical (unpaired) electrons. The molecule has 116 valence electrons. The topological polar surface area (TPSA) is 71.3 Å². The number of nitrogens with zero attached hydrogens (tertiary/aromatic N) is 3. The van der Waals surface area contributed by atoms with Crippen LogP contribution >= 0.6 is 0 Å². The first-order valence-electron chi connectivity index (χ1n) is 8.11. The van der Waals surface area contributed by atoms with Crippen LogP contribution in [0.4, 0.5) is 4.79 Å². The molecule has 1 atom stereocenters. The van der Waals surface area contributed by atoms with Gasteiger partial charge in [0.1, 0.15) is 0 Å². The van der Waals surface area contributed by atoms with Crippen LogP contribution in [0.1, 0.15) is 56.7 Å². The van der Waals surface area contributed by atoms with E-state index in [0.29, 0.717) is 11.8 Å². The second-order valence-corrected chi connectivity index (χ2v) is 6.19. The first kappa shape index (κ1) is 14.4. The van der Waals surface area contributed by atoms with E-state index < -0.39 is 0 Å². The SMILES string of the molecule is CCCNC(=O)N1CC[C@H](CCc2noc(C3CC3)n2)C1. The molecule has 0 aromatic carbocycles. The molecule has 2 fully saturated rings. The number of aromatic nitrogens is 2. The van der Waals surface area contributed by atoms with Crippen molar-refractivity contribution in [2.75, 3.05) is 19.6 Å². The van der Waals surface area contributed by atoms with E-state index >= 15 is 0 Å². The molecule has 1 N–H and O–H groups in total. The lowest BCUT2D eigenvalue weighted by molar-refractivity contribution is 0.207. The second-order valence-electron chi connectivity index (χ2n) is 6.19. The minimum absolute atomic E-state index is 0.0786. The Balaban J connectivity index is 1.40. The van der Waals surface area contributed by atoms with Crippen LogP contribution in [-0.2, 0) is 6.42 Å². The van der Waals surface area contributed by atoms with Gasteiger partial charge in [-0.2, -0.15) is 4.98 Å². The zero-order valence-corrected chi connectivity index (χ0v) is 12.7. The average Bonchev–Trinajstić information content (AvgIpc) is 3.05. The van der Waals surface area contributed by atoms with Crippen molar-refractivity contribution in [1.82, 2.24) is 20.4 Å². The highest BCUT2D eigenvalue weighted by molar-refractivity contribution is 5.74. The van der Waals surface area contributed by atoms with Gasteiger partial charge in [0.25, 0.3) is 0 Å². The fourth-order valence-electron chi connectivity index (χ4n) is 2.79. The van der Waals surface area contributed by atoms with E-state index in [4.69, 9.17) is 4.52 Å². The van der Waals surface area contributed by atoms with Crippen LogP contribution in [-0.4, -0.2) is 40.7 Å². The third-order valence-corrected chi connectivity index (χ3v) is 4.29. The Kier molecular flexibility index (Phi) is 4.41. The summed E-state index contributed by atoms with van der Waals surface area (Å²) < 4.78 is 5.27. The number of likely N-dealkylation sites (tertiary alicyclic amines) is 1. The predicted octanol–water partition coefficient (Wildman–Crippen LogP) is 2.32. The van der Waals surface area contributed by atoms with Crippen molar-refractivity contribution in [3.63, 3.8) is 0 Å². The Labute approximate surface area is 125 Å². The fourth-order valence-corrected chi connectivity index (χ4v) is 2.79. The number of carbonyl (C=O) groups is 1. The van der Waals surface area contributed by atoms with E-state index in [9.17, 15) is 4.79 Å². The third kappa shape index (κ3) is 3.74. The highest BCUT2D eigenvalue weighted by atomic mass is 16.5. The van der Waals surface area contributed by atoms with E-state index in [1.165, 1.54) is 12.8 Å². The van der Waals surface area contributed by atoms with Crippen molar-refractivity contribution >= 4 is 6.03 Å². The Morgan fingerprint density at radius 1 is 1.43 bits per heavy atom. The van der Waals surface area contributed by atoms with Crippen LogP contribution in [0.25, 0.3) is 0 Å². The molecular formula is C15H24N4O2. The maximum absolute atomic E-state index is 11.9. The highest BCUT2D eigenvalue weighted by Crippen LogP contribution is 2.38. The van der Waals surface area contributed by atoms with Gasteiger partial charge in [-0.1, -0.05) is 12.1 Å². The highest BCUT2D eigenvalue weighted by Gasteiger charge is 2.30. The van der Waals surface area contributed by atoms with Gasteiger partial charge in [0, 0.05) is 32.0 Å². The molecule has 0 spiro atoms. The summed E-state index contributed by atoms with van der Waals surface area (Å²) in [4.78, 5) is 18.3. The van der Waals surface area contributed by atoms with Crippen molar-refractivity contribution in [2.24, 2.45) is 5.92 Å². The smallest absolute Gasteiger partial charge is 0.317 e. The summed E-state index contributed by atoms with van der Waals surface area (Å²) in [7, 11) is 0. The van der Waals surface area contributed by atoms with Crippen molar-refractivity contribution in [3.8, 4) is 0 Å². The van der Waals surface area contributed by atoms with E-state index in [2.05, 4.69) is 22.4 Å². The lowest BCUT2D eigenvalue weighted by Gasteiger charge is -2.16. The van der Waals surface area contributed by atoms with Crippen molar-refractivity contribution in [2.45, 2.75) is 51.4 Å². The van der Waals surface area contributed by atoms with Gasteiger partial charge in [0.05, 0.1) is 0 Å². The first-order chi connectivity index (χ1) is 10.3. The van der Waals surface area contributed by atoms with Crippen LogP contribution in [0, 0.1) is 5.92 Å². The quantitative estimate of drug-likeness (QED) is 0.873. The van der Waals surface area contributed by atoms with E-state index in [-0.39, 0.29) is 6.03 Å². The molecule has 1 saturated heterocycles. The van der Waals surface area contributed by atoms with Gasteiger partial charge in [-0.05, 0) is 38.0 Å². The zero-order valence-electron chi connectivity index (χ0n) is 12.7. The molecule has 2 aliphatic rings. The maximum atomic E-state index is 11.9. The number of carbonyl (C=O) groups excluding carboxylic acids is 1. The molecule has 2 heterocycles. The number of hydrogen-bond acceptors (Lipinski definition) is 4. The molecule has 0 unspecified atom stereocenters. The van der Waals surface area contributed by atoms with Gasteiger partial charge < -0.3 is 14.7 Å². The number of urea groups is 1.